The van der Waals surface area contributed by atoms with Crippen molar-refractivity contribution in [3.63, 3.8) is 0 Å². The zero-order valence-electron chi connectivity index (χ0n) is 14.5. The highest BCUT2D eigenvalue weighted by molar-refractivity contribution is 6.31. The molecule has 2 N–H and O–H groups in total. The van der Waals surface area contributed by atoms with Gasteiger partial charge in [-0.25, -0.2) is 0 Å². The fourth-order valence-electron chi connectivity index (χ4n) is 2.87. The summed E-state index contributed by atoms with van der Waals surface area (Å²) < 4.78 is 5.27. The SMILES string of the molecule is COc1cc(Cl)c(C)cc1NC(=O)C(C)N1CCC(C(=O)O)CC1.Cl. The van der Waals surface area contributed by atoms with Crippen LogP contribution in [0.15, 0.2) is 12.1 Å². The molecule has 1 amide bonds. The van der Waals surface area contributed by atoms with Crippen molar-refractivity contribution < 1.29 is 19.4 Å². The molecular weight excluding hydrogens is 367 g/mol. The van der Waals surface area contributed by atoms with Gasteiger partial charge in [-0.3, -0.25) is 14.5 Å². The van der Waals surface area contributed by atoms with Gasteiger partial charge in [-0.1, -0.05) is 11.6 Å². The van der Waals surface area contributed by atoms with E-state index in [0.717, 1.165) is 5.56 Å². The second-order valence-corrected chi connectivity index (χ2v) is 6.52. The number of benzene rings is 1. The van der Waals surface area contributed by atoms with Gasteiger partial charge in [-0.15, -0.1) is 12.4 Å². The van der Waals surface area contributed by atoms with Gasteiger partial charge in [-0.2, -0.15) is 0 Å². The average Bonchev–Trinajstić information content (AvgIpc) is 2.57. The van der Waals surface area contributed by atoms with Gasteiger partial charge < -0.3 is 15.2 Å². The summed E-state index contributed by atoms with van der Waals surface area (Å²) in [5, 5.41) is 12.5. The van der Waals surface area contributed by atoms with Crippen LogP contribution < -0.4 is 10.1 Å². The molecule has 0 bridgehead atoms. The third-order valence-electron chi connectivity index (χ3n) is 4.54. The highest BCUT2D eigenvalue weighted by Gasteiger charge is 2.29. The van der Waals surface area contributed by atoms with Crippen molar-refractivity contribution in [2.45, 2.75) is 32.7 Å². The summed E-state index contributed by atoms with van der Waals surface area (Å²) in [6.07, 6.45) is 1.13. The second-order valence-electron chi connectivity index (χ2n) is 6.12. The normalized spacial score (nSPS) is 16.6. The number of likely N-dealkylation sites (tertiary alicyclic amines) is 1. The van der Waals surface area contributed by atoms with E-state index in [1.165, 1.54) is 7.11 Å². The van der Waals surface area contributed by atoms with Crippen LogP contribution in [0.4, 0.5) is 5.69 Å². The number of rotatable bonds is 5. The van der Waals surface area contributed by atoms with Gasteiger partial charge in [-0.05, 0) is 51.4 Å². The zero-order chi connectivity index (χ0) is 17.9. The summed E-state index contributed by atoms with van der Waals surface area (Å²) in [7, 11) is 1.52. The van der Waals surface area contributed by atoms with E-state index in [0.29, 0.717) is 42.4 Å². The van der Waals surface area contributed by atoms with E-state index >= 15 is 0 Å². The number of ether oxygens (including phenoxy) is 1. The molecule has 0 aliphatic carbocycles. The van der Waals surface area contributed by atoms with Crippen molar-refractivity contribution in [2.24, 2.45) is 5.92 Å². The number of aryl methyl sites for hydroxylation is 1. The Morgan fingerprint density at radius 1 is 1.36 bits per heavy atom. The van der Waals surface area contributed by atoms with E-state index < -0.39 is 5.97 Å². The van der Waals surface area contributed by atoms with Crippen LogP contribution in [0.2, 0.25) is 5.02 Å². The molecule has 1 fully saturated rings. The topological polar surface area (TPSA) is 78.9 Å². The molecule has 140 valence electrons. The highest BCUT2D eigenvalue weighted by atomic mass is 35.5. The number of carbonyl (C=O) groups is 2. The predicted molar refractivity (Wildman–Crippen MR) is 100 cm³/mol. The fourth-order valence-corrected chi connectivity index (χ4v) is 3.02. The number of hydrogen-bond acceptors (Lipinski definition) is 4. The van der Waals surface area contributed by atoms with Gasteiger partial charge in [0.1, 0.15) is 5.75 Å². The first kappa shape index (κ1) is 21.5. The number of aliphatic carboxylic acids is 1. The number of nitrogens with zero attached hydrogens (tertiary/aromatic N) is 1. The largest absolute Gasteiger partial charge is 0.495 e. The first-order valence-corrected chi connectivity index (χ1v) is 8.33. The Kier molecular flexibility index (Phi) is 7.99. The first-order valence-electron chi connectivity index (χ1n) is 7.95. The number of anilines is 1. The van der Waals surface area contributed by atoms with Crippen molar-refractivity contribution >= 4 is 41.6 Å². The van der Waals surface area contributed by atoms with E-state index in [9.17, 15) is 9.59 Å². The lowest BCUT2D eigenvalue weighted by atomic mass is 9.96. The molecule has 1 saturated heterocycles. The van der Waals surface area contributed by atoms with Gasteiger partial charge in [0.15, 0.2) is 0 Å². The fraction of sp³-hybridized carbons (Fsp3) is 0.529. The first-order chi connectivity index (χ1) is 11.3. The van der Waals surface area contributed by atoms with Crippen LogP contribution in [0.1, 0.15) is 25.3 Å². The molecule has 1 unspecified atom stereocenters. The molecule has 1 heterocycles. The summed E-state index contributed by atoms with van der Waals surface area (Å²) in [6.45, 7) is 4.88. The van der Waals surface area contributed by atoms with Crippen LogP contribution >= 0.6 is 24.0 Å². The molecule has 1 aromatic carbocycles. The number of methoxy groups -OCH3 is 1. The lowest BCUT2D eigenvalue weighted by molar-refractivity contribution is -0.143. The van der Waals surface area contributed by atoms with Gasteiger partial charge in [0.25, 0.3) is 0 Å². The van der Waals surface area contributed by atoms with Gasteiger partial charge in [0, 0.05) is 11.1 Å². The molecule has 6 nitrogen and oxygen atoms in total. The molecule has 0 spiro atoms. The van der Waals surface area contributed by atoms with Crippen LogP contribution in [-0.4, -0.2) is 48.1 Å². The minimum atomic E-state index is -0.756. The summed E-state index contributed by atoms with van der Waals surface area (Å²) in [5.74, 6) is -0.705. The van der Waals surface area contributed by atoms with Crippen molar-refractivity contribution in [2.75, 3.05) is 25.5 Å². The second kappa shape index (κ2) is 9.27. The van der Waals surface area contributed by atoms with E-state index in [4.69, 9.17) is 21.4 Å². The number of nitrogens with one attached hydrogen (secondary N) is 1. The molecule has 25 heavy (non-hydrogen) atoms. The van der Waals surface area contributed by atoms with Crippen LogP contribution in [-0.2, 0) is 9.59 Å². The smallest absolute Gasteiger partial charge is 0.306 e. The van der Waals surface area contributed by atoms with Crippen LogP contribution in [0, 0.1) is 12.8 Å². The van der Waals surface area contributed by atoms with Gasteiger partial charge in [0.05, 0.1) is 24.8 Å². The van der Waals surface area contributed by atoms with Gasteiger partial charge >= 0.3 is 5.97 Å². The molecule has 1 aliphatic rings. The van der Waals surface area contributed by atoms with Crippen molar-refractivity contribution in [1.82, 2.24) is 4.90 Å². The molecule has 8 heteroatoms. The Balaban J connectivity index is 0.00000312. The molecule has 0 radical (unpaired) electrons. The molecule has 1 aliphatic heterocycles. The van der Waals surface area contributed by atoms with Crippen LogP contribution in [0.3, 0.4) is 0 Å². The maximum atomic E-state index is 12.5. The minimum Gasteiger partial charge on any atom is -0.495 e. The number of piperidine rings is 1. The molecule has 0 saturated carbocycles. The highest BCUT2D eigenvalue weighted by Crippen LogP contribution is 2.31. The standard InChI is InChI=1S/C17H23ClN2O4.ClH/c1-10-8-14(15(24-3)9-13(10)18)19-16(21)11(2)20-6-4-12(5-7-20)17(22)23;/h8-9,11-12H,4-7H2,1-3H3,(H,19,21)(H,22,23);1H. The number of hydrogen-bond donors (Lipinski definition) is 2. The maximum absolute atomic E-state index is 12.5. The molecule has 1 aromatic rings. The Labute approximate surface area is 158 Å². The van der Waals surface area contributed by atoms with E-state index in [-0.39, 0.29) is 30.3 Å². The van der Waals surface area contributed by atoms with Crippen molar-refractivity contribution in [1.29, 1.82) is 0 Å². The zero-order valence-corrected chi connectivity index (χ0v) is 16.1. The minimum absolute atomic E-state index is 0. The summed E-state index contributed by atoms with van der Waals surface area (Å²) >= 11 is 6.08. The van der Waals surface area contributed by atoms with Gasteiger partial charge in [0.2, 0.25) is 5.91 Å². The Hall–Kier alpha value is -1.50. The summed E-state index contributed by atoms with van der Waals surface area (Å²) in [6, 6.07) is 3.11. The van der Waals surface area contributed by atoms with Crippen molar-refractivity contribution in [3.05, 3.63) is 22.7 Å². The number of carboxylic acids is 1. The average molecular weight is 391 g/mol. The maximum Gasteiger partial charge on any atom is 0.306 e. The Morgan fingerprint density at radius 3 is 2.48 bits per heavy atom. The van der Waals surface area contributed by atoms with Crippen LogP contribution in [0.5, 0.6) is 5.75 Å². The summed E-state index contributed by atoms with van der Waals surface area (Å²) in [4.78, 5) is 25.6. The third kappa shape index (κ3) is 5.23. The lowest BCUT2D eigenvalue weighted by Crippen LogP contribution is -2.47. The molecular formula is C17H24Cl2N2O4. The van der Waals surface area contributed by atoms with E-state index in [2.05, 4.69) is 5.32 Å². The van der Waals surface area contributed by atoms with E-state index in [1.807, 2.05) is 18.7 Å². The number of carboxylic acid groups (broad SMARTS) is 1. The Morgan fingerprint density at radius 2 is 1.96 bits per heavy atom. The monoisotopic (exact) mass is 390 g/mol. The number of carbonyl (C=O) groups excluding carboxylic acids is 1. The molecule has 0 aromatic heterocycles. The quantitative estimate of drug-likeness (QED) is 0.806. The Bertz CT molecular complexity index is 631. The lowest BCUT2D eigenvalue weighted by Gasteiger charge is -2.33. The predicted octanol–water partition coefficient (Wildman–Crippen LogP) is 3.20. The van der Waals surface area contributed by atoms with Crippen LogP contribution in [0.25, 0.3) is 0 Å². The summed E-state index contributed by atoms with van der Waals surface area (Å²) in [5.41, 5.74) is 1.43. The van der Waals surface area contributed by atoms with E-state index in [1.54, 1.807) is 12.1 Å². The van der Waals surface area contributed by atoms with Crippen molar-refractivity contribution in [3.8, 4) is 5.75 Å². The number of halogens is 2. The molecule has 2 rings (SSSR count). The number of amides is 1. The third-order valence-corrected chi connectivity index (χ3v) is 4.95. The molecule has 1 atom stereocenters.